The van der Waals surface area contributed by atoms with Crippen LogP contribution in [0.3, 0.4) is 0 Å². The van der Waals surface area contributed by atoms with Gasteiger partial charge in [-0.25, -0.2) is 0 Å². The van der Waals surface area contributed by atoms with Gasteiger partial charge in [0.25, 0.3) is 0 Å². The minimum absolute atomic E-state index is 0.332. The molecule has 0 spiro atoms. The summed E-state index contributed by atoms with van der Waals surface area (Å²) < 4.78 is 0. The van der Waals surface area contributed by atoms with Crippen molar-refractivity contribution in [3.05, 3.63) is 11.6 Å². The topological polar surface area (TPSA) is 46.3 Å². The van der Waals surface area contributed by atoms with E-state index in [0.29, 0.717) is 11.6 Å². The Labute approximate surface area is 74.2 Å². The Kier molecular flexibility index (Phi) is 4.59. The molecule has 0 aromatic heterocycles. The predicted octanol–water partition coefficient (Wildman–Crippen LogP) is 0.758. The maximum Gasteiger partial charge on any atom is 0.244 e. The van der Waals surface area contributed by atoms with Crippen LogP contribution >= 0.6 is 0 Å². The lowest BCUT2D eigenvalue weighted by atomic mass is 10.1. The highest BCUT2D eigenvalue weighted by molar-refractivity contribution is 5.91. The second kappa shape index (κ2) is 4.93. The van der Waals surface area contributed by atoms with Gasteiger partial charge in [-0.1, -0.05) is 6.08 Å². The third-order valence-corrected chi connectivity index (χ3v) is 2.04. The zero-order chi connectivity index (χ0) is 9.72. The van der Waals surface area contributed by atoms with E-state index >= 15 is 0 Å². The largest absolute Gasteiger partial charge is 0.366 e. The van der Waals surface area contributed by atoms with E-state index in [0.717, 1.165) is 6.42 Å². The average Bonchev–Trinajstić information content (AvgIpc) is 1.98. The zero-order valence-electron chi connectivity index (χ0n) is 8.29. The molecule has 3 heteroatoms. The number of amides is 1. The summed E-state index contributed by atoms with van der Waals surface area (Å²) in [5, 5.41) is 0. The van der Waals surface area contributed by atoms with Crippen molar-refractivity contribution in [3.63, 3.8) is 0 Å². The Morgan fingerprint density at radius 3 is 2.42 bits per heavy atom. The summed E-state index contributed by atoms with van der Waals surface area (Å²) in [4.78, 5) is 12.7. The molecule has 0 rings (SSSR count). The zero-order valence-corrected chi connectivity index (χ0v) is 8.29. The van der Waals surface area contributed by atoms with E-state index in [1.165, 1.54) is 0 Å². The highest BCUT2D eigenvalue weighted by atomic mass is 16.1. The Morgan fingerprint density at radius 1 is 1.58 bits per heavy atom. The fourth-order valence-electron chi connectivity index (χ4n) is 0.659. The first-order valence-electron chi connectivity index (χ1n) is 4.08. The van der Waals surface area contributed by atoms with Crippen molar-refractivity contribution in [2.75, 3.05) is 14.1 Å². The van der Waals surface area contributed by atoms with E-state index in [-0.39, 0.29) is 5.91 Å². The van der Waals surface area contributed by atoms with Gasteiger partial charge in [-0.15, -0.1) is 0 Å². The minimum atomic E-state index is -0.332. The van der Waals surface area contributed by atoms with Crippen molar-refractivity contribution in [1.29, 1.82) is 0 Å². The predicted molar refractivity (Wildman–Crippen MR) is 50.7 cm³/mol. The number of carbonyl (C=O) groups is 1. The SMILES string of the molecule is C/C(=C\CC(C)N(C)C)C(N)=O. The second-order valence-corrected chi connectivity index (χ2v) is 3.30. The van der Waals surface area contributed by atoms with Crippen molar-refractivity contribution < 1.29 is 4.79 Å². The van der Waals surface area contributed by atoms with Gasteiger partial charge in [-0.3, -0.25) is 4.79 Å². The van der Waals surface area contributed by atoms with Crippen molar-refractivity contribution in [2.45, 2.75) is 26.3 Å². The highest BCUT2D eigenvalue weighted by Crippen LogP contribution is 2.02. The summed E-state index contributed by atoms with van der Waals surface area (Å²) in [6.45, 7) is 3.84. The van der Waals surface area contributed by atoms with Crippen molar-refractivity contribution in [3.8, 4) is 0 Å². The molecule has 0 aliphatic carbocycles. The molecule has 3 nitrogen and oxygen atoms in total. The van der Waals surface area contributed by atoms with Gasteiger partial charge in [0, 0.05) is 11.6 Å². The quantitative estimate of drug-likeness (QED) is 0.633. The van der Waals surface area contributed by atoms with Gasteiger partial charge in [0.2, 0.25) is 5.91 Å². The van der Waals surface area contributed by atoms with Crippen LogP contribution in [0.15, 0.2) is 11.6 Å². The third kappa shape index (κ3) is 4.13. The first kappa shape index (κ1) is 11.2. The molecule has 0 radical (unpaired) electrons. The molecule has 12 heavy (non-hydrogen) atoms. The van der Waals surface area contributed by atoms with Crippen LogP contribution in [-0.2, 0) is 4.79 Å². The van der Waals surface area contributed by atoms with Crippen molar-refractivity contribution in [2.24, 2.45) is 5.73 Å². The van der Waals surface area contributed by atoms with Crippen molar-refractivity contribution in [1.82, 2.24) is 4.90 Å². The summed E-state index contributed by atoms with van der Waals surface area (Å²) >= 11 is 0. The molecule has 0 saturated heterocycles. The van der Waals surface area contributed by atoms with Gasteiger partial charge < -0.3 is 10.6 Å². The summed E-state index contributed by atoms with van der Waals surface area (Å²) in [6, 6.07) is 0.444. The van der Waals surface area contributed by atoms with E-state index in [4.69, 9.17) is 5.73 Å². The van der Waals surface area contributed by atoms with Crippen LogP contribution in [0.1, 0.15) is 20.3 Å². The molecule has 0 heterocycles. The van der Waals surface area contributed by atoms with Crippen LogP contribution in [0.2, 0.25) is 0 Å². The summed E-state index contributed by atoms with van der Waals surface area (Å²) in [7, 11) is 4.02. The van der Waals surface area contributed by atoms with Crippen molar-refractivity contribution >= 4 is 5.91 Å². The Balaban J connectivity index is 3.96. The van der Waals surface area contributed by atoms with Crippen LogP contribution in [0.25, 0.3) is 0 Å². The normalized spacial score (nSPS) is 14.9. The summed E-state index contributed by atoms with van der Waals surface area (Å²) in [5.74, 6) is -0.332. The second-order valence-electron chi connectivity index (χ2n) is 3.30. The number of primary amides is 1. The summed E-state index contributed by atoms with van der Waals surface area (Å²) in [5.41, 5.74) is 5.72. The highest BCUT2D eigenvalue weighted by Gasteiger charge is 2.03. The smallest absolute Gasteiger partial charge is 0.244 e. The number of rotatable bonds is 4. The lowest BCUT2D eigenvalue weighted by Crippen LogP contribution is -2.24. The molecule has 2 N–H and O–H groups in total. The lowest BCUT2D eigenvalue weighted by Gasteiger charge is -2.17. The van der Waals surface area contributed by atoms with E-state index in [2.05, 4.69) is 11.8 Å². The molecule has 0 bridgehead atoms. The third-order valence-electron chi connectivity index (χ3n) is 2.04. The Bertz CT molecular complexity index is 185. The molecule has 1 amide bonds. The van der Waals surface area contributed by atoms with Crippen LogP contribution < -0.4 is 5.73 Å². The number of hydrogen-bond donors (Lipinski definition) is 1. The van der Waals surface area contributed by atoms with Gasteiger partial charge in [0.15, 0.2) is 0 Å². The molecule has 0 aromatic carbocycles. The maximum absolute atomic E-state index is 10.6. The van der Waals surface area contributed by atoms with Crippen LogP contribution in [0, 0.1) is 0 Å². The standard InChI is InChI=1S/C9H18N2O/c1-7(9(10)12)5-6-8(2)11(3)4/h5,8H,6H2,1-4H3,(H2,10,12)/b7-5+. The van der Waals surface area contributed by atoms with Gasteiger partial charge >= 0.3 is 0 Å². The molecule has 70 valence electrons. The fourth-order valence-corrected chi connectivity index (χ4v) is 0.659. The molecular formula is C9H18N2O. The number of carbonyl (C=O) groups excluding carboxylic acids is 1. The van der Waals surface area contributed by atoms with E-state index in [1.54, 1.807) is 6.92 Å². The molecule has 1 atom stereocenters. The molecule has 0 aliphatic rings. The first-order valence-corrected chi connectivity index (χ1v) is 4.08. The van der Waals surface area contributed by atoms with Gasteiger partial charge in [-0.2, -0.15) is 0 Å². The number of hydrogen-bond acceptors (Lipinski definition) is 2. The van der Waals surface area contributed by atoms with Gasteiger partial charge in [0.1, 0.15) is 0 Å². The molecule has 1 unspecified atom stereocenters. The van der Waals surface area contributed by atoms with E-state index in [1.807, 2.05) is 20.2 Å². The Hall–Kier alpha value is -0.830. The summed E-state index contributed by atoms with van der Waals surface area (Å²) in [6.07, 6.45) is 2.74. The lowest BCUT2D eigenvalue weighted by molar-refractivity contribution is -0.114. The molecule has 0 aromatic rings. The first-order chi connectivity index (χ1) is 5.45. The number of nitrogens with zero attached hydrogens (tertiary/aromatic N) is 1. The monoisotopic (exact) mass is 170 g/mol. The maximum atomic E-state index is 10.6. The molecule has 0 fully saturated rings. The van der Waals surface area contributed by atoms with Crippen LogP contribution in [0.4, 0.5) is 0 Å². The molecular weight excluding hydrogens is 152 g/mol. The van der Waals surface area contributed by atoms with E-state index in [9.17, 15) is 4.79 Å². The average molecular weight is 170 g/mol. The van der Waals surface area contributed by atoms with Gasteiger partial charge in [0.05, 0.1) is 0 Å². The van der Waals surface area contributed by atoms with Gasteiger partial charge in [-0.05, 0) is 34.4 Å². The Morgan fingerprint density at radius 2 is 2.08 bits per heavy atom. The number of nitrogens with two attached hydrogens (primary N) is 1. The fraction of sp³-hybridized carbons (Fsp3) is 0.667. The molecule has 0 saturated carbocycles. The minimum Gasteiger partial charge on any atom is -0.366 e. The molecule has 0 aliphatic heterocycles. The van der Waals surface area contributed by atoms with Crippen LogP contribution in [-0.4, -0.2) is 30.9 Å². The van der Waals surface area contributed by atoms with E-state index < -0.39 is 0 Å². The van der Waals surface area contributed by atoms with Crippen LogP contribution in [0.5, 0.6) is 0 Å².